The van der Waals surface area contributed by atoms with E-state index in [1.54, 1.807) is 12.1 Å². The molecule has 0 aromatic heterocycles. The standard InChI is InChI=1S/C22H17ClO3/c1-4-5-6-16-14(3)21(24)26-22(16)17-9-7-13(2)11-19(17)25-20-12-15(23)8-10-18(20)22/h4-12H,3H2,1-2H3/b5-4-,16-6+. The van der Waals surface area contributed by atoms with Gasteiger partial charge in [0.05, 0.1) is 5.57 Å². The fraction of sp³-hybridized carbons (Fsp3) is 0.136. The van der Waals surface area contributed by atoms with Crippen LogP contribution in [0.5, 0.6) is 11.5 Å². The molecule has 0 radical (unpaired) electrons. The van der Waals surface area contributed by atoms with Gasteiger partial charge < -0.3 is 9.47 Å². The molecule has 1 unspecified atom stereocenters. The van der Waals surface area contributed by atoms with Crippen molar-refractivity contribution in [3.05, 3.63) is 94.1 Å². The van der Waals surface area contributed by atoms with E-state index in [1.165, 1.54) is 0 Å². The summed E-state index contributed by atoms with van der Waals surface area (Å²) in [4.78, 5) is 12.5. The number of aryl methyl sites for hydroxylation is 1. The predicted molar refractivity (Wildman–Crippen MR) is 102 cm³/mol. The van der Waals surface area contributed by atoms with Crippen LogP contribution in [0, 0.1) is 6.92 Å². The molecular weight excluding hydrogens is 348 g/mol. The molecule has 0 amide bonds. The summed E-state index contributed by atoms with van der Waals surface area (Å²) >= 11 is 6.18. The Morgan fingerprint density at radius 2 is 1.81 bits per heavy atom. The number of ether oxygens (including phenoxy) is 2. The van der Waals surface area contributed by atoms with Gasteiger partial charge in [-0.15, -0.1) is 0 Å². The van der Waals surface area contributed by atoms with Crippen LogP contribution in [-0.4, -0.2) is 5.97 Å². The quantitative estimate of drug-likeness (QED) is 0.487. The van der Waals surface area contributed by atoms with E-state index in [9.17, 15) is 4.79 Å². The van der Waals surface area contributed by atoms with E-state index in [0.29, 0.717) is 27.7 Å². The summed E-state index contributed by atoms with van der Waals surface area (Å²) in [6, 6.07) is 11.2. The van der Waals surface area contributed by atoms with Crippen LogP contribution < -0.4 is 4.74 Å². The maximum atomic E-state index is 12.5. The number of hydrogen-bond donors (Lipinski definition) is 0. The summed E-state index contributed by atoms with van der Waals surface area (Å²) in [7, 11) is 0. The Kier molecular flexibility index (Phi) is 3.78. The van der Waals surface area contributed by atoms with Gasteiger partial charge >= 0.3 is 5.97 Å². The molecule has 2 heterocycles. The first-order valence-corrected chi connectivity index (χ1v) is 8.70. The van der Waals surface area contributed by atoms with Crippen molar-refractivity contribution in [2.45, 2.75) is 19.4 Å². The number of fused-ring (bicyclic) bond motifs is 4. The Hall–Kier alpha value is -2.78. The van der Waals surface area contributed by atoms with Crippen LogP contribution in [-0.2, 0) is 15.1 Å². The number of carbonyl (C=O) groups is 1. The number of benzene rings is 2. The van der Waals surface area contributed by atoms with Crippen LogP contribution in [0.3, 0.4) is 0 Å². The lowest BCUT2D eigenvalue weighted by Crippen LogP contribution is -2.32. The third-order valence-electron chi connectivity index (χ3n) is 4.71. The van der Waals surface area contributed by atoms with E-state index in [0.717, 1.165) is 16.7 Å². The fourth-order valence-corrected chi connectivity index (χ4v) is 3.69. The smallest absolute Gasteiger partial charge is 0.339 e. The molecule has 1 fully saturated rings. The largest absolute Gasteiger partial charge is 0.456 e. The fourth-order valence-electron chi connectivity index (χ4n) is 3.53. The molecule has 1 spiro atoms. The van der Waals surface area contributed by atoms with E-state index in [4.69, 9.17) is 21.1 Å². The van der Waals surface area contributed by atoms with Crippen molar-refractivity contribution in [3.8, 4) is 11.5 Å². The molecule has 2 aliphatic rings. The van der Waals surface area contributed by atoms with Crippen LogP contribution >= 0.6 is 11.6 Å². The van der Waals surface area contributed by atoms with E-state index >= 15 is 0 Å². The number of carbonyl (C=O) groups excluding carboxylic acids is 1. The summed E-state index contributed by atoms with van der Waals surface area (Å²) < 4.78 is 12.1. The van der Waals surface area contributed by atoms with Crippen LogP contribution in [0.15, 0.2) is 72.4 Å². The Labute approximate surface area is 157 Å². The summed E-state index contributed by atoms with van der Waals surface area (Å²) in [6.45, 7) is 7.86. The van der Waals surface area contributed by atoms with Crippen molar-refractivity contribution in [2.75, 3.05) is 0 Å². The normalized spacial score (nSPS) is 22.5. The number of halogens is 1. The zero-order chi connectivity index (χ0) is 18.5. The van der Waals surface area contributed by atoms with Gasteiger partial charge in [0.15, 0.2) is 5.60 Å². The van der Waals surface area contributed by atoms with E-state index < -0.39 is 11.6 Å². The Bertz CT molecular complexity index is 963. The molecule has 1 saturated heterocycles. The van der Waals surface area contributed by atoms with Crippen molar-refractivity contribution >= 4 is 17.6 Å². The van der Waals surface area contributed by atoms with Gasteiger partial charge in [0.1, 0.15) is 11.5 Å². The van der Waals surface area contributed by atoms with Gasteiger partial charge in [-0.2, -0.15) is 0 Å². The molecule has 1 atom stereocenters. The molecule has 0 saturated carbocycles. The number of allylic oxidation sites excluding steroid dienone is 3. The second-order valence-electron chi connectivity index (χ2n) is 6.40. The number of rotatable bonds is 1. The maximum Gasteiger partial charge on any atom is 0.339 e. The highest BCUT2D eigenvalue weighted by molar-refractivity contribution is 6.30. The first-order valence-electron chi connectivity index (χ1n) is 8.32. The van der Waals surface area contributed by atoms with Crippen LogP contribution in [0.2, 0.25) is 5.02 Å². The molecule has 2 aromatic carbocycles. The van der Waals surface area contributed by atoms with E-state index in [1.807, 2.05) is 56.3 Å². The molecule has 2 aromatic rings. The lowest BCUT2D eigenvalue weighted by molar-refractivity contribution is -0.143. The molecule has 0 N–H and O–H groups in total. The predicted octanol–water partition coefficient (Wildman–Crippen LogP) is 5.61. The van der Waals surface area contributed by atoms with Gasteiger partial charge in [0.25, 0.3) is 0 Å². The van der Waals surface area contributed by atoms with Crippen molar-refractivity contribution in [3.63, 3.8) is 0 Å². The minimum atomic E-state index is -1.09. The zero-order valence-corrected chi connectivity index (χ0v) is 15.3. The second kappa shape index (κ2) is 5.89. The van der Waals surface area contributed by atoms with Crippen molar-refractivity contribution in [1.29, 1.82) is 0 Å². The monoisotopic (exact) mass is 364 g/mol. The molecule has 26 heavy (non-hydrogen) atoms. The molecule has 3 nitrogen and oxygen atoms in total. The average molecular weight is 365 g/mol. The second-order valence-corrected chi connectivity index (χ2v) is 6.83. The molecular formula is C22H17ClO3. The van der Waals surface area contributed by atoms with Gasteiger partial charge in [0, 0.05) is 21.7 Å². The van der Waals surface area contributed by atoms with Gasteiger partial charge in [-0.3, -0.25) is 0 Å². The highest BCUT2D eigenvalue weighted by Gasteiger charge is 2.54. The van der Waals surface area contributed by atoms with E-state index in [2.05, 4.69) is 6.58 Å². The lowest BCUT2D eigenvalue weighted by Gasteiger charge is -2.36. The third-order valence-corrected chi connectivity index (χ3v) is 4.95. The molecule has 0 aliphatic carbocycles. The summed E-state index contributed by atoms with van der Waals surface area (Å²) in [6.07, 6.45) is 5.65. The number of esters is 1. The summed E-state index contributed by atoms with van der Waals surface area (Å²) in [5, 5.41) is 0.553. The highest BCUT2D eigenvalue weighted by atomic mass is 35.5. The molecule has 2 aliphatic heterocycles. The SMILES string of the molecule is C=C1C(=O)OC2(/C1=C/C=C\C)c1ccc(C)cc1Oc1cc(Cl)ccc12. The first-order chi connectivity index (χ1) is 12.5. The van der Waals surface area contributed by atoms with Crippen molar-refractivity contribution in [1.82, 2.24) is 0 Å². The van der Waals surface area contributed by atoms with Crippen LogP contribution in [0.4, 0.5) is 0 Å². The maximum absolute atomic E-state index is 12.5. The Morgan fingerprint density at radius 3 is 2.54 bits per heavy atom. The van der Waals surface area contributed by atoms with Crippen LogP contribution in [0.25, 0.3) is 0 Å². The molecule has 0 bridgehead atoms. The first kappa shape index (κ1) is 16.7. The van der Waals surface area contributed by atoms with Gasteiger partial charge in [-0.1, -0.05) is 48.5 Å². The minimum absolute atomic E-state index is 0.345. The van der Waals surface area contributed by atoms with E-state index in [-0.39, 0.29) is 0 Å². The van der Waals surface area contributed by atoms with Crippen molar-refractivity contribution in [2.24, 2.45) is 0 Å². The number of hydrogen-bond acceptors (Lipinski definition) is 3. The van der Waals surface area contributed by atoms with Crippen molar-refractivity contribution < 1.29 is 14.3 Å². The average Bonchev–Trinajstić information content (AvgIpc) is 2.84. The van der Waals surface area contributed by atoms with Gasteiger partial charge in [-0.25, -0.2) is 4.79 Å². The zero-order valence-electron chi connectivity index (χ0n) is 14.5. The topological polar surface area (TPSA) is 35.5 Å². The highest BCUT2D eigenvalue weighted by Crippen LogP contribution is 2.57. The van der Waals surface area contributed by atoms with Crippen LogP contribution in [0.1, 0.15) is 23.6 Å². The minimum Gasteiger partial charge on any atom is -0.456 e. The lowest BCUT2D eigenvalue weighted by atomic mass is 9.76. The Morgan fingerprint density at radius 1 is 1.12 bits per heavy atom. The third kappa shape index (κ3) is 2.24. The molecule has 130 valence electrons. The summed E-state index contributed by atoms with van der Waals surface area (Å²) in [5.74, 6) is 0.785. The molecule has 4 heteroatoms. The Balaban J connectivity index is 2.10. The van der Waals surface area contributed by atoms with Gasteiger partial charge in [-0.05, 0) is 43.7 Å². The van der Waals surface area contributed by atoms with Gasteiger partial charge in [0.2, 0.25) is 0 Å². The molecule has 4 rings (SSSR count). The summed E-state index contributed by atoms with van der Waals surface area (Å²) in [5.41, 5.74) is 2.53.